The first-order chi connectivity index (χ1) is 16.7. The summed E-state index contributed by atoms with van der Waals surface area (Å²) in [7, 11) is 0. The topological polar surface area (TPSA) is 63.7 Å². The fourth-order valence-electron chi connectivity index (χ4n) is 4.27. The highest BCUT2D eigenvalue weighted by atomic mass is 16.5. The van der Waals surface area contributed by atoms with Gasteiger partial charge in [-0.2, -0.15) is 0 Å². The van der Waals surface area contributed by atoms with Gasteiger partial charge in [0.25, 0.3) is 5.91 Å². The highest BCUT2D eigenvalue weighted by molar-refractivity contribution is 5.94. The van der Waals surface area contributed by atoms with Crippen LogP contribution >= 0.6 is 0 Å². The number of amides is 1. The van der Waals surface area contributed by atoms with Gasteiger partial charge in [0.05, 0.1) is 12.3 Å². The summed E-state index contributed by atoms with van der Waals surface area (Å²) in [6.07, 6.45) is 0.997. The molecule has 0 aliphatic carbocycles. The van der Waals surface area contributed by atoms with Gasteiger partial charge in [-0.15, -0.1) is 0 Å². The van der Waals surface area contributed by atoms with Gasteiger partial charge >= 0.3 is 0 Å². The van der Waals surface area contributed by atoms with Crippen LogP contribution in [0.25, 0.3) is 10.9 Å². The van der Waals surface area contributed by atoms with Crippen LogP contribution in [-0.4, -0.2) is 30.6 Å². The minimum Gasteiger partial charge on any atom is -0.492 e. The Morgan fingerprint density at radius 3 is 2.59 bits per heavy atom. The van der Waals surface area contributed by atoms with E-state index in [2.05, 4.69) is 46.6 Å². The van der Waals surface area contributed by atoms with Crippen LogP contribution in [-0.2, 0) is 17.8 Å². The van der Waals surface area contributed by atoms with Crippen LogP contribution in [0.2, 0.25) is 0 Å². The maximum atomic E-state index is 12.6. The lowest BCUT2D eigenvalue weighted by Gasteiger charge is -2.30. The fourth-order valence-corrected chi connectivity index (χ4v) is 4.27. The quantitative estimate of drug-likeness (QED) is 0.416. The molecule has 3 aromatic carbocycles. The molecule has 1 N–H and O–H groups in total. The Bertz CT molecular complexity index is 1320. The Morgan fingerprint density at radius 1 is 0.912 bits per heavy atom. The number of nitrogens with zero attached hydrogens (tertiary/aromatic N) is 2. The van der Waals surface area contributed by atoms with Gasteiger partial charge in [0.15, 0.2) is 6.61 Å². The molecule has 172 valence electrons. The molecule has 0 saturated carbocycles. The minimum atomic E-state index is -0.257. The van der Waals surface area contributed by atoms with Crippen LogP contribution in [0.3, 0.4) is 0 Å². The molecule has 0 unspecified atom stereocenters. The van der Waals surface area contributed by atoms with Crippen molar-refractivity contribution in [3.05, 3.63) is 90.0 Å². The summed E-state index contributed by atoms with van der Waals surface area (Å²) in [6.45, 7) is 4.06. The standard InChI is InChI=1S/C28H27N3O3/c1-2-33-24-12-6-5-11-23(24)29-27(32)19-34-25-13-7-10-21-14-15-26(30-28(21)25)31-17-16-20-8-3-4-9-22(20)18-31/h3-15H,2,16-19H2,1H3,(H,29,32). The van der Waals surface area contributed by atoms with Crippen LogP contribution in [0.1, 0.15) is 18.1 Å². The molecule has 1 aliphatic heterocycles. The fraction of sp³-hybridized carbons (Fsp3) is 0.214. The van der Waals surface area contributed by atoms with E-state index in [0.29, 0.717) is 23.8 Å². The van der Waals surface area contributed by atoms with Gasteiger partial charge in [0.1, 0.15) is 22.8 Å². The Labute approximate surface area is 199 Å². The summed E-state index contributed by atoms with van der Waals surface area (Å²) >= 11 is 0. The van der Waals surface area contributed by atoms with Gasteiger partial charge in [0, 0.05) is 18.5 Å². The maximum absolute atomic E-state index is 12.6. The number of hydrogen-bond acceptors (Lipinski definition) is 5. The number of carbonyl (C=O) groups is 1. The number of pyridine rings is 1. The van der Waals surface area contributed by atoms with Crippen molar-refractivity contribution in [1.82, 2.24) is 4.98 Å². The molecule has 0 fully saturated rings. The third-order valence-electron chi connectivity index (χ3n) is 5.94. The Balaban J connectivity index is 1.32. The van der Waals surface area contributed by atoms with Gasteiger partial charge in [0.2, 0.25) is 0 Å². The molecule has 2 heterocycles. The molecule has 0 atom stereocenters. The van der Waals surface area contributed by atoms with Gasteiger partial charge in [-0.05, 0) is 54.8 Å². The van der Waals surface area contributed by atoms with Crippen LogP contribution in [0.5, 0.6) is 11.5 Å². The van der Waals surface area contributed by atoms with Crippen molar-refractivity contribution in [1.29, 1.82) is 0 Å². The zero-order chi connectivity index (χ0) is 23.3. The van der Waals surface area contributed by atoms with E-state index in [4.69, 9.17) is 14.5 Å². The zero-order valence-electron chi connectivity index (χ0n) is 19.2. The summed E-state index contributed by atoms with van der Waals surface area (Å²) in [4.78, 5) is 19.8. The van der Waals surface area contributed by atoms with Crippen molar-refractivity contribution in [2.24, 2.45) is 0 Å². The summed E-state index contributed by atoms with van der Waals surface area (Å²) in [6, 6.07) is 25.8. The van der Waals surface area contributed by atoms with Gasteiger partial charge in [-0.25, -0.2) is 4.98 Å². The van der Waals surface area contributed by atoms with Crippen molar-refractivity contribution >= 4 is 28.3 Å². The minimum absolute atomic E-state index is 0.122. The van der Waals surface area contributed by atoms with E-state index in [0.717, 1.165) is 36.2 Å². The molecule has 0 spiro atoms. The van der Waals surface area contributed by atoms with Crippen LogP contribution in [0, 0.1) is 0 Å². The lowest BCUT2D eigenvalue weighted by molar-refractivity contribution is -0.118. The number of nitrogens with one attached hydrogen (secondary N) is 1. The van der Waals surface area contributed by atoms with Crippen molar-refractivity contribution in [2.75, 3.05) is 30.0 Å². The highest BCUT2D eigenvalue weighted by Crippen LogP contribution is 2.29. The van der Waals surface area contributed by atoms with Crippen LogP contribution < -0.4 is 19.7 Å². The largest absolute Gasteiger partial charge is 0.492 e. The van der Waals surface area contributed by atoms with E-state index in [-0.39, 0.29) is 12.5 Å². The molecular formula is C28H27N3O3. The van der Waals surface area contributed by atoms with E-state index in [1.807, 2.05) is 49.4 Å². The predicted octanol–water partition coefficient (Wildman–Crippen LogP) is 5.21. The van der Waals surface area contributed by atoms with E-state index < -0.39 is 0 Å². The molecule has 6 nitrogen and oxygen atoms in total. The van der Waals surface area contributed by atoms with E-state index in [9.17, 15) is 4.79 Å². The summed E-state index contributed by atoms with van der Waals surface area (Å²) in [5.74, 6) is 1.88. The van der Waals surface area contributed by atoms with E-state index in [1.165, 1.54) is 11.1 Å². The lowest BCUT2D eigenvalue weighted by atomic mass is 10.00. The molecule has 4 aromatic rings. The van der Waals surface area contributed by atoms with Gasteiger partial charge < -0.3 is 19.7 Å². The first kappa shape index (κ1) is 21.8. The van der Waals surface area contributed by atoms with Crippen molar-refractivity contribution in [3.8, 4) is 11.5 Å². The number of carbonyl (C=O) groups excluding carboxylic acids is 1. The third-order valence-corrected chi connectivity index (χ3v) is 5.94. The highest BCUT2D eigenvalue weighted by Gasteiger charge is 2.18. The maximum Gasteiger partial charge on any atom is 0.262 e. The number of aromatic nitrogens is 1. The molecule has 5 rings (SSSR count). The average Bonchev–Trinajstić information content (AvgIpc) is 2.88. The Kier molecular flexibility index (Phi) is 6.29. The number of para-hydroxylation sites is 3. The second-order valence-corrected chi connectivity index (χ2v) is 8.20. The van der Waals surface area contributed by atoms with Crippen molar-refractivity contribution < 1.29 is 14.3 Å². The first-order valence-corrected chi connectivity index (χ1v) is 11.6. The van der Waals surface area contributed by atoms with E-state index in [1.54, 1.807) is 0 Å². The molecule has 1 aromatic heterocycles. The molecule has 1 amide bonds. The molecule has 0 bridgehead atoms. The molecule has 1 aliphatic rings. The summed E-state index contributed by atoms with van der Waals surface area (Å²) in [5.41, 5.74) is 4.12. The lowest BCUT2D eigenvalue weighted by Crippen LogP contribution is -2.30. The van der Waals surface area contributed by atoms with Crippen LogP contribution in [0.4, 0.5) is 11.5 Å². The SMILES string of the molecule is CCOc1ccccc1NC(=O)COc1cccc2ccc(N3CCc4ccccc4C3)nc12. The smallest absolute Gasteiger partial charge is 0.262 e. The third kappa shape index (κ3) is 4.66. The van der Waals surface area contributed by atoms with Crippen molar-refractivity contribution in [2.45, 2.75) is 19.9 Å². The number of benzene rings is 3. The summed E-state index contributed by atoms with van der Waals surface area (Å²) in [5, 5.41) is 3.84. The summed E-state index contributed by atoms with van der Waals surface area (Å²) < 4.78 is 11.5. The molecule has 6 heteroatoms. The second kappa shape index (κ2) is 9.83. The zero-order valence-corrected chi connectivity index (χ0v) is 19.2. The first-order valence-electron chi connectivity index (χ1n) is 11.6. The number of hydrogen-bond donors (Lipinski definition) is 1. The predicted molar refractivity (Wildman–Crippen MR) is 135 cm³/mol. The Morgan fingerprint density at radius 2 is 1.71 bits per heavy atom. The van der Waals surface area contributed by atoms with Crippen molar-refractivity contribution in [3.63, 3.8) is 0 Å². The molecule has 34 heavy (non-hydrogen) atoms. The van der Waals surface area contributed by atoms with Gasteiger partial charge in [-0.3, -0.25) is 4.79 Å². The number of fused-ring (bicyclic) bond motifs is 2. The van der Waals surface area contributed by atoms with Crippen LogP contribution in [0.15, 0.2) is 78.9 Å². The number of ether oxygens (including phenoxy) is 2. The molecule has 0 radical (unpaired) electrons. The number of rotatable bonds is 7. The van der Waals surface area contributed by atoms with E-state index >= 15 is 0 Å². The van der Waals surface area contributed by atoms with Gasteiger partial charge in [-0.1, -0.05) is 48.5 Å². The average molecular weight is 454 g/mol. The number of anilines is 2. The second-order valence-electron chi connectivity index (χ2n) is 8.20. The molecular weight excluding hydrogens is 426 g/mol. The normalized spacial score (nSPS) is 12.8. The molecule has 0 saturated heterocycles. The Hall–Kier alpha value is -4.06. The monoisotopic (exact) mass is 453 g/mol.